The molecule has 0 rings (SSSR count). The van der Waals surface area contributed by atoms with Gasteiger partial charge in [0, 0.05) is 0 Å². The summed E-state index contributed by atoms with van der Waals surface area (Å²) in [6.45, 7) is -0.995. The molecule has 0 unspecified atom stereocenters. The number of hydrogen-bond donors (Lipinski definition) is 5. The molecule has 0 aliphatic heterocycles. The number of nitro groups is 1. The van der Waals surface area contributed by atoms with E-state index in [1.807, 2.05) is 0 Å². The Morgan fingerprint density at radius 3 is 2.13 bits per heavy atom. The van der Waals surface area contributed by atoms with Crippen molar-refractivity contribution in [1.29, 1.82) is 0 Å². The molecule has 88 valence electrons. The molecule has 0 amide bonds. The zero-order valence-electron chi connectivity index (χ0n) is 7.42. The number of nitrogens with zero attached hydrogens (tertiary/aromatic N) is 1. The lowest BCUT2D eigenvalue weighted by molar-refractivity contribution is -0.617. The Kier molecular flexibility index (Phi) is 4.71. The second kappa shape index (κ2) is 5.09. The predicted octanol–water partition coefficient (Wildman–Crippen LogP) is -3.77. The van der Waals surface area contributed by atoms with Crippen molar-refractivity contribution in [2.45, 2.75) is 24.0 Å². The molecule has 0 fully saturated rings. The van der Waals surface area contributed by atoms with Gasteiger partial charge in [-0.25, -0.2) is 0 Å². The maximum Gasteiger partial charge on any atom is 0.407 e. The zero-order valence-corrected chi connectivity index (χ0v) is 7.42. The van der Waals surface area contributed by atoms with Crippen LogP contribution in [0.15, 0.2) is 0 Å². The molecule has 0 saturated carbocycles. The summed E-state index contributed by atoms with van der Waals surface area (Å²) >= 11 is 0. The largest absolute Gasteiger partial charge is 0.407 e. The lowest BCUT2D eigenvalue weighted by Gasteiger charge is -2.25. The number of rotatable bonds is 6. The van der Waals surface area contributed by atoms with E-state index in [0.717, 1.165) is 0 Å². The molecule has 0 aromatic heterocycles. The monoisotopic (exact) mass is 225 g/mol. The van der Waals surface area contributed by atoms with Gasteiger partial charge in [0.15, 0.2) is 6.10 Å². The van der Waals surface area contributed by atoms with Crippen molar-refractivity contribution in [2.24, 2.45) is 0 Å². The van der Waals surface area contributed by atoms with Crippen LogP contribution in [0.2, 0.25) is 0 Å². The van der Waals surface area contributed by atoms with Gasteiger partial charge in [0.05, 0.1) is 11.5 Å². The summed E-state index contributed by atoms with van der Waals surface area (Å²) in [4.78, 5) is 18.9. The van der Waals surface area contributed by atoms with Crippen molar-refractivity contribution in [2.75, 3.05) is 6.61 Å². The Morgan fingerprint density at radius 1 is 1.40 bits per heavy atom. The Morgan fingerprint density at radius 2 is 1.87 bits per heavy atom. The average Bonchev–Trinajstić information content (AvgIpc) is 2.24. The lowest BCUT2D eigenvalue weighted by Crippen LogP contribution is -2.59. The molecule has 0 aliphatic rings. The summed E-state index contributed by atoms with van der Waals surface area (Å²) < 4.78 is 0. The molecule has 0 saturated heterocycles. The summed E-state index contributed by atoms with van der Waals surface area (Å²) in [5.74, 6) is 0. The Balaban J connectivity index is 4.87. The standard InChI is InChI=1S/C6H11NO8/c8-1-3(10)4(11)5(12)6(13,2-9)7(14)15/h2-5,8,10-13H,1H2/t3-,4+,5+,6+/m1/s1. The maximum absolute atomic E-state index is 10.2. The van der Waals surface area contributed by atoms with Crippen LogP contribution in [-0.2, 0) is 4.79 Å². The van der Waals surface area contributed by atoms with E-state index in [1.165, 1.54) is 0 Å². The van der Waals surface area contributed by atoms with Crippen molar-refractivity contribution in [1.82, 2.24) is 0 Å². The minimum Gasteiger partial charge on any atom is -0.394 e. The summed E-state index contributed by atoms with van der Waals surface area (Å²) in [7, 11) is 0. The molecule has 0 bridgehead atoms. The first-order valence-electron chi connectivity index (χ1n) is 3.79. The van der Waals surface area contributed by atoms with Gasteiger partial charge in [-0.2, -0.15) is 0 Å². The first kappa shape index (κ1) is 13.9. The van der Waals surface area contributed by atoms with E-state index in [1.54, 1.807) is 0 Å². The van der Waals surface area contributed by atoms with Gasteiger partial charge in [-0.1, -0.05) is 0 Å². The minimum atomic E-state index is -3.42. The second-order valence-electron chi connectivity index (χ2n) is 2.84. The molecular formula is C6H11NO8. The van der Waals surface area contributed by atoms with Gasteiger partial charge in [0.1, 0.15) is 12.2 Å². The van der Waals surface area contributed by atoms with E-state index in [-0.39, 0.29) is 0 Å². The first-order chi connectivity index (χ1) is 6.81. The third-order valence-corrected chi connectivity index (χ3v) is 1.81. The fraction of sp³-hybridized carbons (Fsp3) is 0.833. The number of aliphatic hydroxyl groups excluding tert-OH is 4. The molecule has 0 aromatic rings. The number of carbonyl (C=O) groups is 1. The smallest absolute Gasteiger partial charge is 0.394 e. The van der Waals surface area contributed by atoms with Crippen LogP contribution < -0.4 is 0 Å². The van der Waals surface area contributed by atoms with E-state index in [2.05, 4.69) is 0 Å². The molecule has 9 nitrogen and oxygen atoms in total. The minimum absolute atomic E-state index is 0.578. The van der Waals surface area contributed by atoms with E-state index >= 15 is 0 Å². The molecule has 0 spiro atoms. The maximum atomic E-state index is 10.2. The molecular weight excluding hydrogens is 214 g/mol. The van der Waals surface area contributed by atoms with Crippen LogP contribution in [-0.4, -0.2) is 67.4 Å². The molecule has 4 atom stereocenters. The van der Waals surface area contributed by atoms with Crippen molar-refractivity contribution >= 4 is 6.29 Å². The summed E-state index contributed by atoms with van der Waals surface area (Å²) in [6.07, 6.45) is -7.26. The Labute approximate surface area is 83.3 Å². The number of carbonyl (C=O) groups excluding carboxylic acids is 1. The third-order valence-electron chi connectivity index (χ3n) is 1.81. The van der Waals surface area contributed by atoms with Crippen molar-refractivity contribution in [3.05, 3.63) is 10.1 Å². The van der Waals surface area contributed by atoms with E-state index < -0.39 is 41.9 Å². The van der Waals surface area contributed by atoms with Crippen LogP contribution in [0.25, 0.3) is 0 Å². The fourth-order valence-corrected chi connectivity index (χ4v) is 0.790. The summed E-state index contributed by atoms with van der Waals surface area (Å²) in [5.41, 5.74) is -3.42. The van der Waals surface area contributed by atoms with E-state index in [4.69, 9.17) is 25.5 Å². The second-order valence-corrected chi connectivity index (χ2v) is 2.84. The molecule has 5 N–H and O–H groups in total. The highest BCUT2D eigenvalue weighted by Gasteiger charge is 2.53. The van der Waals surface area contributed by atoms with E-state index in [0.29, 0.717) is 0 Å². The normalized spacial score (nSPS) is 21.1. The summed E-state index contributed by atoms with van der Waals surface area (Å²) in [6, 6.07) is 0. The predicted molar refractivity (Wildman–Crippen MR) is 43.1 cm³/mol. The summed E-state index contributed by atoms with van der Waals surface area (Å²) in [5, 5.41) is 54.5. The lowest BCUT2D eigenvalue weighted by atomic mass is 9.99. The highest BCUT2D eigenvalue weighted by molar-refractivity contribution is 5.60. The number of aliphatic hydroxyl groups is 5. The van der Waals surface area contributed by atoms with Crippen LogP contribution in [0, 0.1) is 10.1 Å². The SMILES string of the molecule is O=C[C@](O)([C@@H](O)[C@@H](O)[C@H](O)CO)[N+](=O)[O-]. The van der Waals surface area contributed by atoms with Crippen LogP contribution in [0.4, 0.5) is 0 Å². The number of hydrogen-bond acceptors (Lipinski definition) is 8. The van der Waals surface area contributed by atoms with Crippen LogP contribution >= 0.6 is 0 Å². The number of aldehydes is 1. The fourth-order valence-electron chi connectivity index (χ4n) is 0.790. The van der Waals surface area contributed by atoms with Crippen LogP contribution in [0.1, 0.15) is 0 Å². The topological polar surface area (TPSA) is 161 Å². The molecule has 0 heterocycles. The van der Waals surface area contributed by atoms with Crippen LogP contribution in [0.5, 0.6) is 0 Å². The van der Waals surface area contributed by atoms with Gasteiger partial charge >= 0.3 is 5.72 Å². The first-order valence-corrected chi connectivity index (χ1v) is 3.79. The van der Waals surface area contributed by atoms with Crippen molar-refractivity contribution in [3.63, 3.8) is 0 Å². The quantitative estimate of drug-likeness (QED) is 0.133. The third kappa shape index (κ3) is 2.67. The highest BCUT2D eigenvalue weighted by atomic mass is 16.7. The molecule has 9 heteroatoms. The average molecular weight is 225 g/mol. The molecule has 0 radical (unpaired) electrons. The zero-order chi connectivity index (χ0) is 12.2. The van der Waals surface area contributed by atoms with Crippen LogP contribution in [0.3, 0.4) is 0 Å². The Bertz CT molecular complexity index is 245. The molecule has 15 heavy (non-hydrogen) atoms. The molecule has 0 aliphatic carbocycles. The van der Waals surface area contributed by atoms with E-state index in [9.17, 15) is 14.9 Å². The Hall–Kier alpha value is -1.13. The molecule has 0 aromatic carbocycles. The van der Waals surface area contributed by atoms with Crippen molar-refractivity contribution in [3.8, 4) is 0 Å². The van der Waals surface area contributed by atoms with Crippen molar-refractivity contribution < 1.29 is 35.3 Å². The van der Waals surface area contributed by atoms with Gasteiger partial charge in [0.2, 0.25) is 6.29 Å². The highest BCUT2D eigenvalue weighted by Crippen LogP contribution is 2.14. The van der Waals surface area contributed by atoms with Gasteiger partial charge < -0.3 is 25.5 Å². The van der Waals surface area contributed by atoms with Gasteiger partial charge in [-0.15, -0.1) is 0 Å². The van der Waals surface area contributed by atoms with Gasteiger partial charge in [0.25, 0.3) is 0 Å². The van der Waals surface area contributed by atoms with Gasteiger partial charge in [-0.05, 0) is 0 Å². The van der Waals surface area contributed by atoms with Gasteiger partial charge in [-0.3, -0.25) is 14.9 Å².